The van der Waals surface area contributed by atoms with Crippen LogP contribution in [-0.4, -0.2) is 22.1 Å². The van der Waals surface area contributed by atoms with Crippen molar-refractivity contribution in [2.45, 2.75) is 11.8 Å². The van der Waals surface area contributed by atoms with E-state index in [0.717, 1.165) is 0 Å². The molecule has 4 nitrogen and oxygen atoms in total. The number of rotatable bonds is 4. The molecule has 0 radical (unpaired) electrons. The molecule has 1 aromatic rings. The van der Waals surface area contributed by atoms with Gasteiger partial charge in [-0.15, -0.1) is 0 Å². The van der Waals surface area contributed by atoms with Gasteiger partial charge < -0.3 is 4.74 Å². The minimum atomic E-state index is -3.37. The Balaban J connectivity index is 3.07. The van der Waals surface area contributed by atoms with Crippen molar-refractivity contribution in [2.24, 2.45) is 0 Å². The van der Waals surface area contributed by atoms with E-state index >= 15 is 0 Å². The molecule has 0 saturated carbocycles. The summed E-state index contributed by atoms with van der Waals surface area (Å²) in [4.78, 5) is 0.221. The summed E-state index contributed by atoms with van der Waals surface area (Å²) in [5, 5.41) is 0. The summed E-state index contributed by atoms with van der Waals surface area (Å²) in [5.74, 6) is 0.531. The Morgan fingerprint density at radius 1 is 1.43 bits per heavy atom. The average molecular weight is 215 g/mol. The van der Waals surface area contributed by atoms with Crippen molar-refractivity contribution in [2.75, 3.05) is 13.7 Å². The van der Waals surface area contributed by atoms with Crippen molar-refractivity contribution < 1.29 is 13.2 Å². The number of ether oxygens (including phenoxy) is 1. The Morgan fingerprint density at radius 2 is 2.14 bits per heavy atom. The summed E-state index contributed by atoms with van der Waals surface area (Å²) in [6.07, 6.45) is 0. The highest BCUT2D eigenvalue weighted by Crippen LogP contribution is 2.16. The van der Waals surface area contributed by atoms with Crippen molar-refractivity contribution in [3.8, 4) is 5.75 Å². The van der Waals surface area contributed by atoms with E-state index < -0.39 is 10.0 Å². The van der Waals surface area contributed by atoms with E-state index in [4.69, 9.17) is 4.74 Å². The molecule has 5 heteroatoms. The minimum Gasteiger partial charge on any atom is -0.497 e. The molecular formula is C9H13NO3S. The normalized spacial score (nSPS) is 11.3. The molecule has 1 N–H and O–H groups in total. The molecule has 0 heterocycles. The van der Waals surface area contributed by atoms with Crippen molar-refractivity contribution >= 4 is 10.0 Å². The summed E-state index contributed by atoms with van der Waals surface area (Å²) in [5.41, 5.74) is 0. The SMILES string of the molecule is CCNS(=O)(=O)c1cccc(OC)c1. The first kappa shape index (κ1) is 11.0. The summed E-state index contributed by atoms with van der Waals surface area (Å²) >= 11 is 0. The second kappa shape index (κ2) is 4.43. The predicted molar refractivity (Wildman–Crippen MR) is 53.9 cm³/mol. The first-order valence-electron chi connectivity index (χ1n) is 4.24. The van der Waals surface area contributed by atoms with Gasteiger partial charge in [-0.3, -0.25) is 0 Å². The van der Waals surface area contributed by atoms with Gasteiger partial charge in [0.05, 0.1) is 12.0 Å². The van der Waals surface area contributed by atoms with E-state index in [1.54, 1.807) is 19.1 Å². The van der Waals surface area contributed by atoms with Crippen LogP contribution in [0.15, 0.2) is 29.2 Å². The van der Waals surface area contributed by atoms with Gasteiger partial charge in [0.25, 0.3) is 0 Å². The second-order valence-corrected chi connectivity index (χ2v) is 4.45. The van der Waals surface area contributed by atoms with Gasteiger partial charge in [0, 0.05) is 12.6 Å². The van der Waals surface area contributed by atoms with Gasteiger partial charge in [0.2, 0.25) is 10.0 Å². The van der Waals surface area contributed by atoms with Crippen molar-refractivity contribution in [1.82, 2.24) is 4.72 Å². The lowest BCUT2D eigenvalue weighted by molar-refractivity contribution is 0.413. The second-order valence-electron chi connectivity index (χ2n) is 2.68. The van der Waals surface area contributed by atoms with Crippen LogP contribution < -0.4 is 9.46 Å². The quantitative estimate of drug-likeness (QED) is 0.815. The Labute approximate surface area is 84.0 Å². The van der Waals surface area contributed by atoms with Crippen LogP contribution in [-0.2, 0) is 10.0 Å². The maximum Gasteiger partial charge on any atom is 0.240 e. The van der Waals surface area contributed by atoms with Crippen LogP contribution in [0, 0.1) is 0 Å². The van der Waals surface area contributed by atoms with Crippen LogP contribution >= 0.6 is 0 Å². The highest BCUT2D eigenvalue weighted by atomic mass is 32.2. The highest BCUT2D eigenvalue weighted by Gasteiger charge is 2.12. The molecule has 0 aromatic heterocycles. The maximum atomic E-state index is 11.5. The molecule has 1 rings (SSSR count). The molecule has 1 aromatic carbocycles. The lowest BCUT2D eigenvalue weighted by Crippen LogP contribution is -2.23. The Kier molecular flexibility index (Phi) is 3.49. The summed E-state index contributed by atoms with van der Waals surface area (Å²) in [6, 6.07) is 6.35. The van der Waals surface area contributed by atoms with Crippen LogP contribution in [0.4, 0.5) is 0 Å². The fraction of sp³-hybridized carbons (Fsp3) is 0.333. The Bertz CT molecular complexity index is 400. The first-order valence-corrected chi connectivity index (χ1v) is 5.72. The molecule has 78 valence electrons. The van der Waals surface area contributed by atoms with Gasteiger partial charge in [0.1, 0.15) is 5.75 Å². The number of nitrogens with one attached hydrogen (secondary N) is 1. The lowest BCUT2D eigenvalue weighted by atomic mass is 10.3. The molecule has 14 heavy (non-hydrogen) atoms. The van der Waals surface area contributed by atoms with E-state index in [-0.39, 0.29) is 4.90 Å². The molecule has 0 saturated heterocycles. The minimum absolute atomic E-state index is 0.221. The third-order valence-electron chi connectivity index (χ3n) is 1.69. The van der Waals surface area contributed by atoms with E-state index in [0.29, 0.717) is 12.3 Å². The summed E-state index contributed by atoms with van der Waals surface area (Å²) in [7, 11) is -1.87. The fourth-order valence-electron chi connectivity index (χ4n) is 1.04. The summed E-state index contributed by atoms with van der Waals surface area (Å²) in [6.45, 7) is 2.11. The third-order valence-corrected chi connectivity index (χ3v) is 3.23. The number of sulfonamides is 1. The smallest absolute Gasteiger partial charge is 0.240 e. The van der Waals surface area contributed by atoms with E-state index in [1.165, 1.54) is 19.2 Å². The van der Waals surface area contributed by atoms with E-state index in [1.807, 2.05) is 0 Å². The molecule has 0 fully saturated rings. The van der Waals surface area contributed by atoms with Gasteiger partial charge in [0.15, 0.2) is 0 Å². The zero-order valence-electron chi connectivity index (χ0n) is 8.15. The highest BCUT2D eigenvalue weighted by molar-refractivity contribution is 7.89. The van der Waals surface area contributed by atoms with Gasteiger partial charge in [-0.1, -0.05) is 13.0 Å². The number of hydrogen-bond acceptors (Lipinski definition) is 3. The van der Waals surface area contributed by atoms with Crippen LogP contribution in [0.5, 0.6) is 5.75 Å². The monoisotopic (exact) mass is 215 g/mol. The van der Waals surface area contributed by atoms with Crippen LogP contribution in [0.25, 0.3) is 0 Å². The van der Waals surface area contributed by atoms with Crippen molar-refractivity contribution in [3.63, 3.8) is 0 Å². The Hall–Kier alpha value is -1.07. The molecule has 0 aliphatic heterocycles. The average Bonchev–Trinajstić information content (AvgIpc) is 2.18. The van der Waals surface area contributed by atoms with Crippen molar-refractivity contribution in [1.29, 1.82) is 0 Å². The number of methoxy groups -OCH3 is 1. The number of benzene rings is 1. The van der Waals surface area contributed by atoms with Crippen LogP contribution in [0.1, 0.15) is 6.92 Å². The molecule has 0 aliphatic carbocycles. The zero-order chi connectivity index (χ0) is 10.6. The molecular weight excluding hydrogens is 202 g/mol. The van der Waals surface area contributed by atoms with Gasteiger partial charge >= 0.3 is 0 Å². The topological polar surface area (TPSA) is 55.4 Å². The lowest BCUT2D eigenvalue weighted by Gasteiger charge is -2.05. The van der Waals surface area contributed by atoms with Gasteiger partial charge in [-0.2, -0.15) is 0 Å². The molecule has 0 bridgehead atoms. The van der Waals surface area contributed by atoms with E-state index in [9.17, 15) is 8.42 Å². The van der Waals surface area contributed by atoms with Crippen LogP contribution in [0.2, 0.25) is 0 Å². The third kappa shape index (κ3) is 2.46. The molecule has 0 unspecified atom stereocenters. The molecule has 0 aliphatic rings. The van der Waals surface area contributed by atoms with Crippen LogP contribution in [0.3, 0.4) is 0 Å². The van der Waals surface area contributed by atoms with Crippen molar-refractivity contribution in [3.05, 3.63) is 24.3 Å². The molecule has 0 atom stereocenters. The van der Waals surface area contributed by atoms with E-state index in [2.05, 4.69) is 4.72 Å². The molecule has 0 amide bonds. The summed E-state index contributed by atoms with van der Waals surface area (Å²) < 4.78 is 30.4. The Morgan fingerprint density at radius 3 is 2.71 bits per heavy atom. The first-order chi connectivity index (χ1) is 6.60. The van der Waals surface area contributed by atoms with Gasteiger partial charge in [-0.25, -0.2) is 13.1 Å². The fourth-order valence-corrected chi connectivity index (χ4v) is 2.12. The maximum absolute atomic E-state index is 11.5. The number of hydrogen-bond donors (Lipinski definition) is 1. The standard InChI is InChI=1S/C9H13NO3S/c1-3-10-14(11,12)9-6-4-5-8(7-9)13-2/h4-7,10H,3H2,1-2H3. The van der Waals surface area contributed by atoms with Gasteiger partial charge in [-0.05, 0) is 12.1 Å². The molecule has 0 spiro atoms. The largest absolute Gasteiger partial charge is 0.497 e. The zero-order valence-corrected chi connectivity index (χ0v) is 8.97. The predicted octanol–water partition coefficient (Wildman–Crippen LogP) is 0.993.